The van der Waals surface area contributed by atoms with Gasteiger partial charge in [0.15, 0.2) is 0 Å². The summed E-state index contributed by atoms with van der Waals surface area (Å²) in [7, 11) is 0. The molecular formula is C21H23N3O2S. The third-order valence-corrected chi connectivity index (χ3v) is 5.30. The number of aryl methyl sites for hydroxylation is 1. The van der Waals surface area contributed by atoms with E-state index >= 15 is 0 Å². The second-order valence-electron chi connectivity index (χ2n) is 6.18. The number of thiazole rings is 1. The van der Waals surface area contributed by atoms with E-state index in [2.05, 4.69) is 22.2 Å². The molecule has 0 saturated heterocycles. The van der Waals surface area contributed by atoms with Crippen molar-refractivity contribution in [2.45, 2.75) is 33.2 Å². The molecule has 0 aliphatic carbocycles. The van der Waals surface area contributed by atoms with Crippen molar-refractivity contribution in [1.29, 1.82) is 0 Å². The first-order chi connectivity index (χ1) is 13.2. The minimum Gasteiger partial charge on any atom is -0.494 e. The minimum atomic E-state index is -0.106. The molecule has 0 aliphatic heterocycles. The molecule has 0 aliphatic rings. The summed E-state index contributed by atoms with van der Waals surface area (Å²) in [6.45, 7) is 5.24. The number of ether oxygens (including phenoxy) is 1. The molecule has 1 aromatic carbocycles. The summed E-state index contributed by atoms with van der Waals surface area (Å²) >= 11 is 1.58. The quantitative estimate of drug-likeness (QED) is 0.578. The van der Waals surface area contributed by atoms with Crippen molar-refractivity contribution in [3.63, 3.8) is 0 Å². The molecule has 0 fully saturated rings. The largest absolute Gasteiger partial charge is 0.494 e. The number of hydrogen-bond donors (Lipinski definition) is 1. The zero-order valence-corrected chi connectivity index (χ0v) is 16.4. The Morgan fingerprint density at radius 1 is 1.22 bits per heavy atom. The maximum Gasteiger partial charge on any atom is 0.251 e. The Labute approximate surface area is 163 Å². The number of carbonyl (C=O) groups is 1. The average Bonchev–Trinajstić information content (AvgIpc) is 3.08. The van der Waals surface area contributed by atoms with Gasteiger partial charge < -0.3 is 10.1 Å². The van der Waals surface area contributed by atoms with Gasteiger partial charge in [0, 0.05) is 28.4 Å². The van der Waals surface area contributed by atoms with Gasteiger partial charge in [-0.15, -0.1) is 11.3 Å². The van der Waals surface area contributed by atoms with Crippen molar-refractivity contribution in [3.8, 4) is 16.3 Å². The Morgan fingerprint density at radius 3 is 2.74 bits per heavy atom. The molecule has 0 spiro atoms. The Kier molecular flexibility index (Phi) is 6.54. The van der Waals surface area contributed by atoms with Crippen LogP contribution >= 0.6 is 11.3 Å². The molecule has 3 aromatic rings. The molecule has 0 unspecified atom stereocenters. The van der Waals surface area contributed by atoms with Crippen LogP contribution in [0.25, 0.3) is 10.6 Å². The van der Waals surface area contributed by atoms with Crippen molar-refractivity contribution in [3.05, 3.63) is 64.9 Å². The van der Waals surface area contributed by atoms with Crippen molar-refractivity contribution < 1.29 is 9.53 Å². The smallest absolute Gasteiger partial charge is 0.251 e. The third-order valence-electron chi connectivity index (χ3n) is 4.09. The molecule has 0 bridgehead atoms. The molecule has 1 amide bonds. The van der Waals surface area contributed by atoms with Gasteiger partial charge in [0.1, 0.15) is 10.8 Å². The van der Waals surface area contributed by atoms with E-state index in [4.69, 9.17) is 4.74 Å². The van der Waals surface area contributed by atoms with Gasteiger partial charge in [-0.25, -0.2) is 4.98 Å². The maximum absolute atomic E-state index is 12.4. The van der Waals surface area contributed by atoms with E-state index in [0.717, 1.165) is 39.7 Å². The van der Waals surface area contributed by atoms with Gasteiger partial charge in [0.05, 0.1) is 18.8 Å². The molecule has 2 aromatic heterocycles. The molecule has 0 saturated carbocycles. The second-order valence-corrected chi connectivity index (χ2v) is 7.26. The average molecular weight is 382 g/mol. The van der Waals surface area contributed by atoms with Crippen molar-refractivity contribution in [1.82, 2.24) is 15.3 Å². The number of hydrogen-bond acceptors (Lipinski definition) is 5. The maximum atomic E-state index is 12.4. The van der Waals surface area contributed by atoms with E-state index in [1.807, 2.05) is 31.2 Å². The fourth-order valence-corrected chi connectivity index (χ4v) is 3.50. The van der Waals surface area contributed by atoms with Crippen LogP contribution in [0.3, 0.4) is 0 Å². The van der Waals surface area contributed by atoms with Crippen LogP contribution in [-0.2, 0) is 6.54 Å². The summed E-state index contributed by atoms with van der Waals surface area (Å²) in [4.78, 5) is 22.2. The van der Waals surface area contributed by atoms with Gasteiger partial charge in [-0.1, -0.05) is 13.3 Å². The Balaban J connectivity index is 1.58. The van der Waals surface area contributed by atoms with Gasteiger partial charge in [-0.05, 0) is 49.7 Å². The van der Waals surface area contributed by atoms with E-state index in [0.29, 0.717) is 18.7 Å². The number of aromatic nitrogens is 2. The first kappa shape index (κ1) is 19.0. The number of unbranched alkanes of at least 4 members (excludes halogenated alkanes) is 1. The van der Waals surface area contributed by atoms with Gasteiger partial charge in [0.25, 0.3) is 5.91 Å². The second kappa shape index (κ2) is 9.28. The molecule has 6 heteroatoms. The van der Waals surface area contributed by atoms with Crippen molar-refractivity contribution in [2.75, 3.05) is 6.61 Å². The fourth-order valence-electron chi connectivity index (χ4n) is 2.50. The van der Waals surface area contributed by atoms with Crippen LogP contribution in [0.5, 0.6) is 5.75 Å². The molecule has 27 heavy (non-hydrogen) atoms. The topological polar surface area (TPSA) is 64.1 Å². The van der Waals surface area contributed by atoms with E-state index in [-0.39, 0.29) is 5.91 Å². The van der Waals surface area contributed by atoms with E-state index < -0.39 is 0 Å². The number of pyridine rings is 1. The highest BCUT2D eigenvalue weighted by Gasteiger charge is 2.12. The zero-order valence-electron chi connectivity index (χ0n) is 15.6. The highest BCUT2D eigenvalue weighted by molar-refractivity contribution is 7.15. The zero-order chi connectivity index (χ0) is 19.1. The van der Waals surface area contributed by atoms with Gasteiger partial charge >= 0.3 is 0 Å². The lowest BCUT2D eigenvalue weighted by Gasteiger charge is -2.07. The van der Waals surface area contributed by atoms with Crippen LogP contribution in [0.4, 0.5) is 0 Å². The summed E-state index contributed by atoms with van der Waals surface area (Å²) in [5, 5.41) is 3.88. The van der Waals surface area contributed by atoms with Crippen LogP contribution in [0.1, 0.15) is 40.7 Å². The van der Waals surface area contributed by atoms with Crippen molar-refractivity contribution in [2.24, 2.45) is 0 Å². The molecule has 1 N–H and O–H groups in total. The molecule has 5 nitrogen and oxygen atoms in total. The summed E-state index contributed by atoms with van der Waals surface area (Å²) in [6, 6.07) is 11.1. The van der Waals surface area contributed by atoms with Crippen molar-refractivity contribution >= 4 is 17.2 Å². The standard InChI is InChI=1S/C21H23N3O2S/c1-3-4-12-26-18-9-7-16(8-10-18)20(25)23-14-19-15(2)24-21(27-19)17-6-5-11-22-13-17/h5-11,13H,3-4,12,14H2,1-2H3,(H,23,25). The molecule has 140 valence electrons. The Morgan fingerprint density at radius 2 is 2.04 bits per heavy atom. The third kappa shape index (κ3) is 5.14. The fraction of sp³-hybridized carbons (Fsp3) is 0.286. The number of nitrogens with one attached hydrogen (secondary N) is 1. The summed E-state index contributed by atoms with van der Waals surface area (Å²) in [5.74, 6) is 0.685. The Hall–Kier alpha value is -2.73. The lowest BCUT2D eigenvalue weighted by atomic mass is 10.2. The SMILES string of the molecule is CCCCOc1ccc(C(=O)NCc2sc(-c3cccnc3)nc2C)cc1. The summed E-state index contributed by atoms with van der Waals surface area (Å²) in [5.41, 5.74) is 2.54. The molecular weight excluding hydrogens is 358 g/mol. The number of benzene rings is 1. The number of carbonyl (C=O) groups excluding carboxylic acids is 1. The Bertz CT molecular complexity index is 876. The normalized spacial score (nSPS) is 10.6. The van der Waals surface area contributed by atoms with E-state index in [1.165, 1.54) is 0 Å². The van der Waals surface area contributed by atoms with Crippen LogP contribution in [0.15, 0.2) is 48.8 Å². The number of amides is 1. The molecule has 0 radical (unpaired) electrons. The summed E-state index contributed by atoms with van der Waals surface area (Å²) < 4.78 is 5.63. The lowest BCUT2D eigenvalue weighted by Crippen LogP contribution is -2.22. The molecule has 2 heterocycles. The number of rotatable bonds is 8. The highest BCUT2D eigenvalue weighted by atomic mass is 32.1. The van der Waals surface area contributed by atoms with Gasteiger partial charge in [0.2, 0.25) is 0 Å². The molecule has 3 rings (SSSR count). The first-order valence-corrected chi connectivity index (χ1v) is 9.86. The van der Waals surface area contributed by atoms with Crippen LogP contribution in [0, 0.1) is 6.92 Å². The predicted molar refractivity (Wildman–Crippen MR) is 108 cm³/mol. The number of nitrogens with zero attached hydrogens (tertiary/aromatic N) is 2. The van der Waals surface area contributed by atoms with Crippen LogP contribution < -0.4 is 10.1 Å². The lowest BCUT2D eigenvalue weighted by molar-refractivity contribution is 0.0951. The monoisotopic (exact) mass is 381 g/mol. The molecule has 0 atom stereocenters. The summed E-state index contributed by atoms with van der Waals surface area (Å²) in [6.07, 6.45) is 5.66. The van der Waals surface area contributed by atoms with E-state index in [9.17, 15) is 4.79 Å². The van der Waals surface area contributed by atoms with Crippen LogP contribution in [-0.4, -0.2) is 22.5 Å². The van der Waals surface area contributed by atoms with Gasteiger partial charge in [-0.2, -0.15) is 0 Å². The van der Waals surface area contributed by atoms with Gasteiger partial charge in [-0.3, -0.25) is 9.78 Å². The predicted octanol–water partition coefficient (Wildman–Crippen LogP) is 4.62. The highest BCUT2D eigenvalue weighted by Crippen LogP contribution is 2.27. The van der Waals surface area contributed by atoms with Crippen LogP contribution in [0.2, 0.25) is 0 Å². The first-order valence-electron chi connectivity index (χ1n) is 9.05. The van der Waals surface area contributed by atoms with E-state index in [1.54, 1.807) is 35.9 Å². The minimum absolute atomic E-state index is 0.106.